The van der Waals surface area contributed by atoms with Crippen LogP contribution in [0.5, 0.6) is 0 Å². The molecular formula is C18H36N4O10. The molecule has 0 aromatic carbocycles. The van der Waals surface area contributed by atoms with Gasteiger partial charge in [0.25, 0.3) is 0 Å². The van der Waals surface area contributed by atoms with Crippen molar-refractivity contribution in [3.63, 3.8) is 0 Å². The minimum absolute atomic E-state index is 0.104. The first-order valence-corrected chi connectivity index (χ1v) is 10.7. The molecule has 2 aliphatic heterocycles. The molecule has 14 nitrogen and oxygen atoms in total. The van der Waals surface area contributed by atoms with Gasteiger partial charge in [-0.1, -0.05) is 0 Å². The molecule has 2 heterocycles. The molecule has 14 atom stereocenters. The molecule has 14 heteroatoms. The average Bonchev–Trinajstić information content (AvgIpc) is 2.77. The zero-order valence-electron chi connectivity index (χ0n) is 17.5. The average molecular weight is 469 g/mol. The lowest BCUT2D eigenvalue weighted by Crippen LogP contribution is -2.65. The summed E-state index contributed by atoms with van der Waals surface area (Å²) in [6.45, 7) is -0.630. The van der Waals surface area contributed by atoms with Crippen molar-refractivity contribution in [2.75, 3.05) is 13.2 Å². The van der Waals surface area contributed by atoms with Gasteiger partial charge >= 0.3 is 0 Å². The third-order valence-electron chi connectivity index (χ3n) is 6.42. The molecule has 0 amide bonds. The van der Waals surface area contributed by atoms with E-state index in [1.54, 1.807) is 0 Å². The maximum atomic E-state index is 10.3. The van der Waals surface area contributed by atoms with Crippen LogP contribution >= 0.6 is 0 Å². The fraction of sp³-hybridized carbons (Fsp3) is 1.00. The molecule has 3 aliphatic rings. The molecule has 0 aromatic heterocycles. The number of hydrogen-bond acceptors (Lipinski definition) is 14. The van der Waals surface area contributed by atoms with E-state index in [-0.39, 0.29) is 19.4 Å². The molecule has 0 aromatic rings. The Morgan fingerprint density at radius 1 is 0.688 bits per heavy atom. The van der Waals surface area contributed by atoms with Crippen molar-refractivity contribution < 1.29 is 49.6 Å². The zero-order valence-corrected chi connectivity index (χ0v) is 17.5. The number of aliphatic hydroxyl groups excluding tert-OH is 6. The summed E-state index contributed by atoms with van der Waals surface area (Å²) in [5, 5.41) is 59.9. The maximum absolute atomic E-state index is 10.3. The van der Waals surface area contributed by atoms with E-state index in [2.05, 4.69) is 0 Å². The summed E-state index contributed by atoms with van der Waals surface area (Å²) in [7, 11) is 0. The molecule has 3 rings (SSSR count). The van der Waals surface area contributed by atoms with Gasteiger partial charge in [-0.3, -0.25) is 0 Å². The van der Waals surface area contributed by atoms with Crippen molar-refractivity contribution >= 4 is 0 Å². The lowest BCUT2D eigenvalue weighted by Gasteiger charge is -2.46. The van der Waals surface area contributed by atoms with Crippen LogP contribution in [0.25, 0.3) is 0 Å². The molecule has 188 valence electrons. The predicted octanol–water partition coefficient (Wildman–Crippen LogP) is -6.26. The standard InChI is InChI=1S/C18H36N4O10/c19-3-9-13(25)15(27)16(28)18(31-9)30-8-2-7(5(20)1-6(8)21)29-17-14(26)11(22)12(24)10(4-23)32-17/h5-18,23-28H,1-4,19-22H2/t5-,6-,7-,8-,9-,10-,11+,12-,13-,14-,15+,16-,17+,18+/m1/s1. The summed E-state index contributed by atoms with van der Waals surface area (Å²) in [5.41, 5.74) is 23.7. The molecule has 1 saturated carbocycles. The summed E-state index contributed by atoms with van der Waals surface area (Å²) >= 11 is 0. The summed E-state index contributed by atoms with van der Waals surface area (Å²) in [4.78, 5) is 0. The monoisotopic (exact) mass is 468 g/mol. The second kappa shape index (κ2) is 10.8. The second-order valence-corrected chi connectivity index (χ2v) is 8.68. The van der Waals surface area contributed by atoms with Crippen LogP contribution in [-0.4, -0.2) is 129 Å². The largest absolute Gasteiger partial charge is 0.394 e. The highest BCUT2D eigenvalue weighted by Crippen LogP contribution is 2.30. The van der Waals surface area contributed by atoms with Crippen LogP contribution in [0.4, 0.5) is 0 Å². The lowest BCUT2D eigenvalue weighted by molar-refractivity contribution is -0.318. The van der Waals surface area contributed by atoms with E-state index in [0.717, 1.165) is 0 Å². The molecule has 14 N–H and O–H groups in total. The molecular weight excluding hydrogens is 432 g/mol. The Balaban J connectivity index is 1.66. The van der Waals surface area contributed by atoms with Crippen LogP contribution in [0.15, 0.2) is 0 Å². The smallest absolute Gasteiger partial charge is 0.186 e. The minimum Gasteiger partial charge on any atom is -0.394 e. The van der Waals surface area contributed by atoms with E-state index in [0.29, 0.717) is 0 Å². The van der Waals surface area contributed by atoms with Gasteiger partial charge in [-0.15, -0.1) is 0 Å². The molecule has 0 spiro atoms. The third kappa shape index (κ3) is 5.24. The summed E-state index contributed by atoms with van der Waals surface area (Å²) in [5.74, 6) is 0. The molecule has 0 unspecified atom stereocenters. The quantitative estimate of drug-likeness (QED) is 0.174. The van der Waals surface area contributed by atoms with Gasteiger partial charge < -0.3 is 72.5 Å². The first-order valence-electron chi connectivity index (χ1n) is 10.7. The summed E-state index contributed by atoms with van der Waals surface area (Å²) < 4.78 is 22.6. The fourth-order valence-electron chi connectivity index (χ4n) is 4.31. The van der Waals surface area contributed by atoms with Crippen molar-refractivity contribution in [3.8, 4) is 0 Å². The minimum atomic E-state index is -1.54. The van der Waals surface area contributed by atoms with Crippen LogP contribution in [0, 0.1) is 0 Å². The molecule has 3 fully saturated rings. The first-order chi connectivity index (χ1) is 15.1. The van der Waals surface area contributed by atoms with E-state index in [4.69, 9.17) is 41.9 Å². The summed E-state index contributed by atoms with van der Waals surface area (Å²) in [6, 6.07) is -2.22. The fourth-order valence-corrected chi connectivity index (χ4v) is 4.31. The second-order valence-electron chi connectivity index (χ2n) is 8.68. The van der Waals surface area contributed by atoms with E-state index in [1.165, 1.54) is 0 Å². The van der Waals surface area contributed by atoms with Gasteiger partial charge in [-0.05, 0) is 6.42 Å². The highest BCUT2D eigenvalue weighted by Gasteiger charge is 2.48. The predicted molar refractivity (Wildman–Crippen MR) is 106 cm³/mol. The van der Waals surface area contributed by atoms with Crippen molar-refractivity contribution in [3.05, 3.63) is 0 Å². The van der Waals surface area contributed by atoms with Crippen molar-refractivity contribution in [2.24, 2.45) is 22.9 Å². The Morgan fingerprint density at radius 3 is 1.75 bits per heavy atom. The van der Waals surface area contributed by atoms with Crippen molar-refractivity contribution in [1.82, 2.24) is 0 Å². The highest BCUT2D eigenvalue weighted by molar-refractivity contribution is 4.97. The van der Waals surface area contributed by atoms with Gasteiger partial charge in [0.05, 0.1) is 24.9 Å². The Bertz CT molecular complexity index is 556. The van der Waals surface area contributed by atoms with Gasteiger partial charge in [0.1, 0.15) is 42.7 Å². The maximum Gasteiger partial charge on any atom is 0.186 e. The van der Waals surface area contributed by atoms with Gasteiger partial charge in [0.15, 0.2) is 12.6 Å². The Morgan fingerprint density at radius 2 is 1.22 bits per heavy atom. The number of ether oxygens (including phenoxy) is 4. The van der Waals surface area contributed by atoms with E-state index >= 15 is 0 Å². The lowest BCUT2D eigenvalue weighted by atomic mass is 9.86. The zero-order chi connectivity index (χ0) is 23.7. The van der Waals surface area contributed by atoms with Gasteiger partial charge in [0, 0.05) is 25.0 Å². The first kappa shape index (κ1) is 26.1. The molecule has 32 heavy (non-hydrogen) atoms. The molecule has 2 saturated heterocycles. The molecule has 1 aliphatic carbocycles. The van der Waals surface area contributed by atoms with Crippen LogP contribution in [0.1, 0.15) is 12.8 Å². The van der Waals surface area contributed by atoms with Gasteiger partial charge in [-0.25, -0.2) is 0 Å². The van der Waals surface area contributed by atoms with Gasteiger partial charge in [-0.2, -0.15) is 0 Å². The van der Waals surface area contributed by atoms with Gasteiger partial charge in [0.2, 0.25) is 0 Å². The normalized spacial score (nSPS) is 52.7. The van der Waals surface area contributed by atoms with Crippen LogP contribution in [0.3, 0.4) is 0 Å². The number of nitrogens with two attached hydrogens (primary N) is 4. The Labute approximate surface area is 185 Å². The summed E-state index contributed by atoms with van der Waals surface area (Å²) in [6.07, 6.45) is -12.7. The van der Waals surface area contributed by atoms with Crippen LogP contribution in [0.2, 0.25) is 0 Å². The molecule has 0 bridgehead atoms. The van der Waals surface area contributed by atoms with Crippen LogP contribution < -0.4 is 22.9 Å². The molecule has 0 radical (unpaired) electrons. The Hall–Kier alpha value is -0.560. The number of hydrogen-bond donors (Lipinski definition) is 10. The van der Waals surface area contributed by atoms with E-state index in [9.17, 15) is 30.6 Å². The Kier molecular flexibility index (Phi) is 8.79. The van der Waals surface area contributed by atoms with Crippen LogP contribution in [-0.2, 0) is 18.9 Å². The number of aliphatic hydroxyl groups is 6. The van der Waals surface area contributed by atoms with E-state index < -0.39 is 92.2 Å². The SMILES string of the molecule is NC[C@H]1O[C@H](O[C@@H]2C[C@@H](O[C@H]3O[C@H](CO)[C@@H](O)[C@H](N)[C@H]3O)[C@H](N)C[C@H]2N)[C@H](O)[C@@H](O)[C@@H]1O. The van der Waals surface area contributed by atoms with Crippen molar-refractivity contribution in [2.45, 2.75) is 98.5 Å². The third-order valence-corrected chi connectivity index (χ3v) is 6.42. The van der Waals surface area contributed by atoms with Crippen molar-refractivity contribution in [1.29, 1.82) is 0 Å². The topological polar surface area (TPSA) is 262 Å². The van der Waals surface area contributed by atoms with E-state index in [1.807, 2.05) is 0 Å². The highest BCUT2D eigenvalue weighted by atomic mass is 16.7. The number of rotatable bonds is 6.